The molecule has 0 aliphatic carbocycles. The van der Waals surface area contributed by atoms with Crippen molar-refractivity contribution >= 4 is 16.6 Å². The summed E-state index contributed by atoms with van der Waals surface area (Å²) < 4.78 is 12.8. The minimum atomic E-state index is -0.254. The Kier molecular flexibility index (Phi) is 4.48. The van der Waals surface area contributed by atoms with Crippen molar-refractivity contribution in [1.82, 2.24) is 5.32 Å². The van der Waals surface area contributed by atoms with Gasteiger partial charge in [0.25, 0.3) is 0 Å². The lowest BCUT2D eigenvalue weighted by atomic mass is 10.0. The number of carbonyl (C=O) groups excluding carboxylic acids is 1. The molecule has 0 aromatic heterocycles. The predicted molar refractivity (Wildman–Crippen MR) is 90.7 cm³/mol. The van der Waals surface area contributed by atoms with E-state index in [2.05, 4.69) is 5.32 Å². The van der Waals surface area contributed by atoms with Gasteiger partial charge in [-0.15, -0.1) is 0 Å². The number of carbonyl (C=O) groups is 1. The van der Waals surface area contributed by atoms with E-state index in [4.69, 9.17) is 0 Å². The van der Waals surface area contributed by atoms with Crippen LogP contribution in [-0.2, 0) is 6.54 Å². The van der Waals surface area contributed by atoms with Crippen LogP contribution in [-0.4, -0.2) is 5.78 Å². The van der Waals surface area contributed by atoms with Crippen LogP contribution in [0.4, 0.5) is 4.39 Å². The normalized spacial score (nSPS) is 11.0. The highest BCUT2D eigenvalue weighted by Crippen LogP contribution is 2.19. The molecule has 0 atom stereocenters. The van der Waals surface area contributed by atoms with Crippen LogP contribution in [0.15, 0.2) is 79.0 Å². The van der Waals surface area contributed by atoms with Gasteiger partial charge in [0.15, 0.2) is 5.78 Å². The molecule has 23 heavy (non-hydrogen) atoms. The fraction of sp³-hybridized carbons (Fsp3) is 0.0500. The number of allylic oxidation sites excluding steroid dienone is 1. The van der Waals surface area contributed by atoms with Gasteiger partial charge >= 0.3 is 0 Å². The van der Waals surface area contributed by atoms with Crippen molar-refractivity contribution in [2.75, 3.05) is 0 Å². The van der Waals surface area contributed by atoms with Crippen LogP contribution in [0.2, 0.25) is 0 Å². The van der Waals surface area contributed by atoms with Gasteiger partial charge in [0, 0.05) is 24.4 Å². The van der Waals surface area contributed by atoms with Crippen molar-refractivity contribution in [1.29, 1.82) is 0 Å². The van der Waals surface area contributed by atoms with E-state index in [0.717, 1.165) is 16.3 Å². The quantitative estimate of drug-likeness (QED) is 0.557. The Balaban J connectivity index is 1.67. The van der Waals surface area contributed by atoms with Crippen LogP contribution >= 0.6 is 0 Å². The van der Waals surface area contributed by atoms with E-state index >= 15 is 0 Å². The van der Waals surface area contributed by atoms with Crippen LogP contribution in [0.25, 0.3) is 10.8 Å². The number of rotatable bonds is 5. The van der Waals surface area contributed by atoms with E-state index in [-0.39, 0.29) is 11.6 Å². The van der Waals surface area contributed by atoms with Gasteiger partial charge in [0.05, 0.1) is 0 Å². The summed E-state index contributed by atoms with van der Waals surface area (Å²) >= 11 is 0. The van der Waals surface area contributed by atoms with Gasteiger partial charge in [0.1, 0.15) is 5.82 Å². The minimum Gasteiger partial charge on any atom is -0.387 e. The second-order valence-electron chi connectivity index (χ2n) is 5.23. The Morgan fingerprint density at radius 2 is 1.70 bits per heavy atom. The Labute approximate surface area is 134 Å². The van der Waals surface area contributed by atoms with Crippen molar-refractivity contribution in [3.8, 4) is 0 Å². The van der Waals surface area contributed by atoms with Crippen LogP contribution in [0.5, 0.6) is 0 Å². The second-order valence-corrected chi connectivity index (χ2v) is 5.23. The van der Waals surface area contributed by atoms with E-state index < -0.39 is 0 Å². The molecule has 0 saturated heterocycles. The van der Waals surface area contributed by atoms with Crippen molar-refractivity contribution < 1.29 is 9.18 Å². The Bertz CT molecular complexity index is 848. The van der Waals surface area contributed by atoms with Gasteiger partial charge in [-0.3, -0.25) is 4.79 Å². The predicted octanol–water partition coefficient (Wildman–Crippen LogP) is 4.47. The van der Waals surface area contributed by atoms with E-state index in [1.807, 2.05) is 42.5 Å². The standard InChI is InChI=1S/C20H16FNO/c21-17-10-8-15(9-11-17)14-22-13-12-20(23)19-7-3-5-16-4-1-2-6-18(16)19/h1-13,22H,14H2/b13-12+. The molecule has 0 aliphatic rings. The summed E-state index contributed by atoms with van der Waals surface area (Å²) in [5.74, 6) is -0.302. The minimum absolute atomic E-state index is 0.0478. The highest BCUT2D eigenvalue weighted by molar-refractivity contribution is 6.13. The van der Waals surface area contributed by atoms with Gasteiger partial charge in [-0.05, 0) is 28.5 Å². The molecule has 0 amide bonds. The maximum Gasteiger partial charge on any atom is 0.187 e. The fourth-order valence-electron chi connectivity index (χ4n) is 2.44. The summed E-state index contributed by atoms with van der Waals surface area (Å²) in [6, 6.07) is 19.8. The average Bonchev–Trinajstić information content (AvgIpc) is 2.59. The van der Waals surface area contributed by atoms with Gasteiger partial charge in [-0.2, -0.15) is 0 Å². The third-order valence-corrected chi connectivity index (χ3v) is 3.63. The second kappa shape index (κ2) is 6.88. The van der Waals surface area contributed by atoms with E-state index in [1.54, 1.807) is 18.3 Å². The Hall–Kier alpha value is -2.94. The summed E-state index contributed by atoms with van der Waals surface area (Å²) in [7, 11) is 0. The highest BCUT2D eigenvalue weighted by atomic mass is 19.1. The molecule has 0 aliphatic heterocycles. The Morgan fingerprint density at radius 3 is 2.52 bits per heavy atom. The van der Waals surface area contributed by atoms with Crippen LogP contribution in [0.1, 0.15) is 15.9 Å². The largest absolute Gasteiger partial charge is 0.387 e. The zero-order valence-electron chi connectivity index (χ0n) is 12.5. The first-order chi connectivity index (χ1) is 11.2. The van der Waals surface area contributed by atoms with Crippen LogP contribution < -0.4 is 5.32 Å². The molecule has 3 heteroatoms. The van der Waals surface area contributed by atoms with Crippen LogP contribution in [0, 0.1) is 5.82 Å². The molecule has 3 aromatic carbocycles. The number of fused-ring (bicyclic) bond motifs is 1. The lowest BCUT2D eigenvalue weighted by Gasteiger charge is -2.03. The molecule has 114 valence electrons. The molecule has 1 N–H and O–H groups in total. The van der Waals surface area contributed by atoms with Gasteiger partial charge in [-0.1, -0.05) is 54.6 Å². The summed E-state index contributed by atoms with van der Waals surface area (Å²) in [6.45, 7) is 0.541. The molecule has 0 heterocycles. The number of nitrogens with one attached hydrogen (secondary N) is 1. The molecular formula is C20H16FNO. The molecule has 0 fully saturated rings. The molecule has 3 aromatic rings. The number of hydrogen-bond acceptors (Lipinski definition) is 2. The molecular weight excluding hydrogens is 289 g/mol. The summed E-state index contributed by atoms with van der Waals surface area (Å²) in [5, 5.41) is 5.04. The smallest absolute Gasteiger partial charge is 0.187 e. The topological polar surface area (TPSA) is 29.1 Å². The number of ketones is 1. The van der Waals surface area contributed by atoms with Gasteiger partial charge in [0.2, 0.25) is 0 Å². The maximum absolute atomic E-state index is 12.8. The Morgan fingerprint density at radius 1 is 0.957 bits per heavy atom. The first kappa shape index (κ1) is 15.0. The first-order valence-electron chi connectivity index (χ1n) is 7.40. The van der Waals surface area contributed by atoms with Gasteiger partial charge < -0.3 is 5.32 Å². The molecule has 0 spiro atoms. The molecule has 0 radical (unpaired) electrons. The third-order valence-electron chi connectivity index (χ3n) is 3.63. The van der Waals surface area contributed by atoms with Crippen molar-refractivity contribution in [3.05, 3.63) is 96.0 Å². The average molecular weight is 305 g/mol. The molecule has 0 bridgehead atoms. The van der Waals surface area contributed by atoms with E-state index in [1.165, 1.54) is 18.2 Å². The van der Waals surface area contributed by atoms with Crippen LogP contribution in [0.3, 0.4) is 0 Å². The first-order valence-corrected chi connectivity index (χ1v) is 7.40. The molecule has 3 rings (SSSR count). The summed E-state index contributed by atoms with van der Waals surface area (Å²) in [5.41, 5.74) is 1.64. The number of benzene rings is 3. The number of hydrogen-bond donors (Lipinski definition) is 1. The molecule has 0 saturated carbocycles. The van der Waals surface area contributed by atoms with Crippen molar-refractivity contribution in [2.45, 2.75) is 6.54 Å². The third kappa shape index (κ3) is 3.64. The zero-order chi connectivity index (χ0) is 16.1. The SMILES string of the molecule is O=C(/C=C/NCc1ccc(F)cc1)c1cccc2ccccc12. The van der Waals surface area contributed by atoms with E-state index in [9.17, 15) is 9.18 Å². The number of halogens is 1. The van der Waals surface area contributed by atoms with Gasteiger partial charge in [-0.25, -0.2) is 4.39 Å². The zero-order valence-corrected chi connectivity index (χ0v) is 12.5. The maximum atomic E-state index is 12.8. The lowest BCUT2D eigenvalue weighted by molar-refractivity contribution is 0.104. The summed E-state index contributed by atoms with van der Waals surface area (Å²) in [4.78, 5) is 12.3. The van der Waals surface area contributed by atoms with Crippen molar-refractivity contribution in [2.24, 2.45) is 0 Å². The van der Waals surface area contributed by atoms with E-state index in [0.29, 0.717) is 12.1 Å². The van der Waals surface area contributed by atoms with Crippen molar-refractivity contribution in [3.63, 3.8) is 0 Å². The summed E-state index contributed by atoms with van der Waals surface area (Å²) in [6.07, 6.45) is 3.15. The lowest BCUT2D eigenvalue weighted by Crippen LogP contribution is -2.06. The molecule has 2 nitrogen and oxygen atoms in total. The highest BCUT2D eigenvalue weighted by Gasteiger charge is 2.06. The molecule has 0 unspecified atom stereocenters. The monoisotopic (exact) mass is 305 g/mol. The fourth-order valence-corrected chi connectivity index (χ4v) is 2.44.